The molecule has 1 atom stereocenters. The summed E-state index contributed by atoms with van der Waals surface area (Å²) in [5.74, 6) is 6.72. The number of nitrogens with two attached hydrogens (primary N) is 2. The van der Waals surface area contributed by atoms with E-state index in [9.17, 15) is 0 Å². The molecule has 0 spiro atoms. The lowest BCUT2D eigenvalue weighted by Gasteiger charge is -2.17. The first-order chi connectivity index (χ1) is 7.69. The third-order valence-electron chi connectivity index (χ3n) is 2.37. The van der Waals surface area contributed by atoms with Gasteiger partial charge in [-0.15, -0.1) is 0 Å². The maximum atomic E-state index is 5.57. The third-order valence-corrected chi connectivity index (χ3v) is 2.37. The molecule has 0 aliphatic carbocycles. The number of hydrogen-bond donors (Lipinski definition) is 4. The Hall–Kier alpha value is -1.56. The van der Waals surface area contributed by atoms with Gasteiger partial charge in [-0.25, -0.2) is 5.84 Å². The van der Waals surface area contributed by atoms with Gasteiger partial charge in [0.2, 0.25) is 5.95 Å². The van der Waals surface area contributed by atoms with Crippen LogP contribution in [-0.4, -0.2) is 16.0 Å². The van der Waals surface area contributed by atoms with E-state index in [0.29, 0.717) is 17.7 Å². The Bertz CT molecular complexity index is 327. The maximum Gasteiger partial charge on any atom is 0.223 e. The third kappa shape index (κ3) is 3.54. The second-order valence-corrected chi connectivity index (χ2v) is 3.68. The number of hydrogen-bond acceptors (Lipinski definition) is 6. The van der Waals surface area contributed by atoms with E-state index in [1.807, 2.05) is 0 Å². The van der Waals surface area contributed by atoms with Crippen LogP contribution < -0.4 is 22.3 Å². The highest BCUT2D eigenvalue weighted by Crippen LogP contribution is 2.15. The van der Waals surface area contributed by atoms with E-state index < -0.39 is 0 Å². The summed E-state index contributed by atoms with van der Waals surface area (Å²) >= 11 is 0. The van der Waals surface area contributed by atoms with Crippen LogP contribution in [0, 0.1) is 0 Å². The molecule has 90 valence electrons. The molecule has 0 aliphatic heterocycles. The average molecular weight is 224 g/mol. The summed E-state index contributed by atoms with van der Waals surface area (Å²) in [5, 5.41) is 3.32. The molecular weight excluding hydrogens is 204 g/mol. The molecule has 1 heterocycles. The summed E-state index contributed by atoms with van der Waals surface area (Å²) in [6.07, 6.45) is 3.28. The molecule has 6 heteroatoms. The molecule has 6 nitrogen and oxygen atoms in total. The molecule has 16 heavy (non-hydrogen) atoms. The van der Waals surface area contributed by atoms with Gasteiger partial charge in [0.15, 0.2) is 0 Å². The Morgan fingerprint density at radius 1 is 1.31 bits per heavy atom. The minimum absolute atomic E-state index is 0.212. The Morgan fingerprint density at radius 3 is 2.56 bits per heavy atom. The average Bonchev–Trinajstić information content (AvgIpc) is 2.27. The smallest absolute Gasteiger partial charge is 0.223 e. The van der Waals surface area contributed by atoms with Gasteiger partial charge in [-0.2, -0.15) is 9.97 Å². The van der Waals surface area contributed by atoms with E-state index in [4.69, 9.17) is 11.6 Å². The standard InChI is InChI=1S/C10H20N6/c1-3-5-7(4-2)13-8-6-9(16-12)15-10(11)14-8/h6-7H,3-5,12H2,1-2H3,(H4,11,13,14,15,16). The van der Waals surface area contributed by atoms with Gasteiger partial charge in [0.25, 0.3) is 0 Å². The van der Waals surface area contributed by atoms with Crippen molar-refractivity contribution < 1.29 is 0 Å². The fourth-order valence-electron chi connectivity index (χ4n) is 1.55. The summed E-state index contributed by atoms with van der Waals surface area (Å²) in [5.41, 5.74) is 8.03. The highest BCUT2D eigenvalue weighted by atomic mass is 15.3. The molecule has 0 saturated carbocycles. The normalized spacial score (nSPS) is 12.2. The van der Waals surface area contributed by atoms with Crippen LogP contribution in [0.15, 0.2) is 6.07 Å². The minimum atomic E-state index is 0.212. The van der Waals surface area contributed by atoms with Crippen LogP contribution in [0.25, 0.3) is 0 Å². The molecule has 0 saturated heterocycles. The Morgan fingerprint density at radius 2 is 2.00 bits per heavy atom. The van der Waals surface area contributed by atoms with Crippen molar-refractivity contribution in [2.45, 2.75) is 39.2 Å². The van der Waals surface area contributed by atoms with Crippen molar-refractivity contribution in [3.63, 3.8) is 0 Å². The summed E-state index contributed by atoms with van der Waals surface area (Å²) in [7, 11) is 0. The number of nitrogens with zero attached hydrogens (tertiary/aromatic N) is 2. The number of nitrogens with one attached hydrogen (secondary N) is 2. The highest BCUT2D eigenvalue weighted by molar-refractivity contribution is 5.50. The molecule has 0 bridgehead atoms. The first-order valence-corrected chi connectivity index (χ1v) is 5.57. The Labute approximate surface area is 95.8 Å². The van der Waals surface area contributed by atoms with E-state index in [2.05, 4.69) is 34.6 Å². The highest BCUT2D eigenvalue weighted by Gasteiger charge is 2.07. The van der Waals surface area contributed by atoms with Gasteiger partial charge >= 0.3 is 0 Å². The second-order valence-electron chi connectivity index (χ2n) is 3.68. The van der Waals surface area contributed by atoms with E-state index in [-0.39, 0.29) is 5.95 Å². The molecule has 0 aromatic carbocycles. The van der Waals surface area contributed by atoms with Crippen molar-refractivity contribution in [3.8, 4) is 0 Å². The fraction of sp³-hybridized carbons (Fsp3) is 0.600. The first-order valence-electron chi connectivity index (χ1n) is 5.57. The lowest BCUT2D eigenvalue weighted by Crippen LogP contribution is -2.20. The Kier molecular flexibility index (Phi) is 4.78. The van der Waals surface area contributed by atoms with Crippen LogP contribution in [0.1, 0.15) is 33.1 Å². The first kappa shape index (κ1) is 12.5. The van der Waals surface area contributed by atoms with Crippen molar-refractivity contribution in [1.82, 2.24) is 9.97 Å². The van der Waals surface area contributed by atoms with Gasteiger partial charge in [0.05, 0.1) is 0 Å². The van der Waals surface area contributed by atoms with Crippen LogP contribution >= 0.6 is 0 Å². The van der Waals surface area contributed by atoms with Crippen molar-refractivity contribution in [2.75, 3.05) is 16.5 Å². The zero-order chi connectivity index (χ0) is 12.0. The summed E-state index contributed by atoms with van der Waals surface area (Å²) in [6.45, 7) is 4.30. The lowest BCUT2D eigenvalue weighted by molar-refractivity contribution is 0.620. The van der Waals surface area contributed by atoms with Gasteiger partial charge in [0, 0.05) is 12.1 Å². The quantitative estimate of drug-likeness (QED) is 0.429. The van der Waals surface area contributed by atoms with E-state index in [1.165, 1.54) is 0 Å². The predicted molar refractivity (Wildman–Crippen MR) is 66.9 cm³/mol. The molecule has 1 aromatic rings. The number of anilines is 3. The van der Waals surface area contributed by atoms with Gasteiger partial charge in [-0.1, -0.05) is 20.3 Å². The number of hydrazine groups is 1. The molecule has 6 N–H and O–H groups in total. The van der Waals surface area contributed by atoms with Gasteiger partial charge < -0.3 is 16.5 Å². The monoisotopic (exact) mass is 224 g/mol. The van der Waals surface area contributed by atoms with Crippen LogP contribution in [0.5, 0.6) is 0 Å². The molecule has 0 aliphatic rings. The zero-order valence-corrected chi connectivity index (χ0v) is 9.83. The van der Waals surface area contributed by atoms with Gasteiger partial charge in [-0.3, -0.25) is 0 Å². The van der Waals surface area contributed by atoms with Gasteiger partial charge in [0.1, 0.15) is 11.6 Å². The van der Waals surface area contributed by atoms with Crippen molar-refractivity contribution in [1.29, 1.82) is 0 Å². The van der Waals surface area contributed by atoms with Crippen molar-refractivity contribution >= 4 is 17.6 Å². The molecule has 0 fully saturated rings. The number of rotatable bonds is 6. The molecule has 1 rings (SSSR count). The molecular formula is C10H20N6. The van der Waals surface area contributed by atoms with E-state index in [0.717, 1.165) is 19.3 Å². The van der Waals surface area contributed by atoms with E-state index >= 15 is 0 Å². The summed E-state index contributed by atoms with van der Waals surface area (Å²) in [6, 6.07) is 2.15. The SMILES string of the molecule is CCCC(CC)Nc1cc(NN)nc(N)n1. The maximum absolute atomic E-state index is 5.57. The second kappa shape index (κ2) is 6.12. The molecule has 1 unspecified atom stereocenters. The summed E-state index contributed by atoms with van der Waals surface area (Å²) in [4.78, 5) is 8.03. The predicted octanol–water partition coefficient (Wildman–Crippen LogP) is 1.33. The fourth-order valence-corrected chi connectivity index (χ4v) is 1.55. The zero-order valence-electron chi connectivity index (χ0n) is 9.83. The topological polar surface area (TPSA) is 102 Å². The van der Waals surface area contributed by atoms with Crippen LogP contribution in [0.2, 0.25) is 0 Å². The minimum Gasteiger partial charge on any atom is -0.368 e. The molecule has 1 aromatic heterocycles. The van der Waals surface area contributed by atoms with Crippen molar-refractivity contribution in [2.24, 2.45) is 5.84 Å². The number of nitrogen functional groups attached to an aromatic ring is 2. The van der Waals surface area contributed by atoms with Crippen molar-refractivity contribution in [3.05, 3.63) is 6.07 Å². The molecule has 0 radical (unpaired) electrons. The van der Waals surface area contributed by atoms with Crippen LogP contribution in [0.4, 0.5) is 17.6 Å². The lowest BCUT2D eigenvalue weighted by atomic mass is 10.1. The Balaban J connectivity index is 2.74. The van der Waals surface area contributed by atoms with Gasteiger partial charge in [-0.05, 0) is 12.8 Å². The van der Waals surface area contributed by atoms with Crippen LogP contribution in [-0.2, 0) is 0 Å². The molecule has 0 amide bonds. The van der Waals surface area contributed by atoms with E-state index in [1.54, 1.807) is 6.07 Å². The largest absolute Gasteiger partial charge is 0.368 e. The van der Waals surface area contributed by atoms with Crippen LogP contribution in [0.3, 0.4) is 0 Å². The summed E-state index contributed by atoms with van der Waals surface area (Å²) < 4.78 is 0. The number of aromatic nitrogens is 2.